The summed E-state index contributed by atoms with van der Waals surface area (Å²) in [5, 5.41) is 23.0. The molecular formula is C14H12N2O2S. The summed E-state index contributed by atoms with van der Waals surface area (Å²) in [7, 11) is 0. The molecule has 0 fully saturated rings. The minimum atomic E-state index is -0.692. The number of aliphatic hydroxyl groups is 1. The minimum absolute atomic E-state index is 0.166. The van der Waals surface area contributed by atoms with Gasteiger partial charge in [0.15, 0.2) is 0 Å². The number of benzene rings is 1. The van der Waals surface area contributed by atoms with Crippen molar-refractivity contribution in [2.24, 2.45) is 0 Å². The molecule has 2 aromatic rings. The summed E-state index contributed by atoms with van der Waals surface area (Å²) in [5.74, 6) is -0.264. The van der Waals surface area contributed by atoms with E-state index in [1.165, 1.54) is 11.3 Å². The number of carbonyl (C=O) groups excluding carboxylic acids is 1. The van der Waals surface area contributed by atoms with Gasteiger partial charge >= 0.3 is 0 Å². The van der Waals surface area contributed by atoms with Crippen molar-refractivity contribution in [3.05, 3.63) is 57.8 Å². The molecule has 0 saturated carbocycles. The van der Waals surface area contributed by atoms with Crippen LogP contribution in [-0.2, 0) is 0 Å². The average molecular weight is 272 g/mol. The highest BCUT2D eigenvalue weighted by atomic mass is 32.1. The fraction of sp³-hybridized carbons (Fsp3) is 0.143. The molecule has 1 heterocycles. The van der Waals surface area contributed by atoms with Crippen LogP contribution in [0.4, 0.5) is 0 Å². The summed E-state index contributed by atoms with van der Waals surface area (Å²) in [6.07, 6.45) is -0.692. The van der Waals surface area contributed by atoms with Crippen LogP contribution in [-0.4, -0.2) is 17.6 Å². The second-order valence-electron chi connectivity index (χ2n) is 3.93. The van der Waals surface area contributed by atoms with E-state index in [-0.39, 0.29) is 12.5 Å². The fourth-order valence-corrected chi connectivity index (χ4v) is 2.28. The van der Waals surface area contributed by atoms with Gasteiger partial charge in [0, 0.05) is 17.0 Å². The molecular weight excluding hydrogens is 260 g/mol. The molecule has 1 atom stereocenters. The average Bonchev–Trinajstić information content (AvgIpc) is 2.98. The fourth-order valence-electron chi connectivity index (χ4n) is 1.57. The summed E-state index contributed by atoms with van der Waals surface area (Å²) < 4.78 is 0. The van der Waals surface area contributed by atoms with Crippen LogP contribution in [0.3, 0.4) is 0 Å². The number of aliphatic hydroxyl groups excluding tert-OH is 1. The number of nitrogens with zero attached hydrogens (tertiary/aromatic N) is 1. The predicted molar refractivity (Wildman–Crippen MR) is 72.8 cm³/mol. The van der Waals surface area contributed by atoms with E-state index in [9.17, 15) is 9.90 Å². The molecule has 0 saturated heterocycles. The lowest BCUT2D eigenvalue weighted by molar-refractivity contribution is 0.0918. The summed E-state index contributed by atoms with van der Waals surface area (Å²) in [6.45, 7) is 0.166. The van der Waals surface area contributed by atoms with Crippen molar-refractivity contribution in [2.45, 2.75) is 6.10 Å². The van der Waals surface area contributed by atoms with Gasteiger partial charge in [-0.2, -0.15) is 5.26 Å². The van der Waals surface area contributed by atoms with Crippen LogP contribution < -0.4 is 5.32 Å². The monoisotopic (exact) mass is 272 g/mol. The maximum absolute atomic E-state index is 11.8. The van der Waals surface area contributed by atoms with Gasteiger partial charge in [-0.25, -0.2) is 0 Å². The largest absolute Gasteiger partial charge is 0.386 e. The third kappa shape index (κ3) is 3.41. The molecule has 2 rings (SSSR count). The Kier molecular flexibility index (Phi) is 4.29. The van der Waals surface area contributed by atoms with Gasteiger partial charge in [-0.3, -0.25) is 4.79 Å². The standard InChI is InChI=1S/C14H12N2O2S/c15-8-10-3-5-11(6-4-10)14(18)16-9-12(17)13-2-1-7-19-13/h1-7,12,17H,9H2,(H,16,18)/t12-/m1/s1. The van der Waals surface area contributed by atoms with Crippen molar-refractivity contribution in [3.8, 4) is 6.07 Å². The molecule has 1 aromatic heterocycles. The van der Waals surface area contributed by atoms with Gasteiger partial charge in [-0.1, -0.05) is 6.07 Å². The highest BCUT2D eigenvalue weighted by molar-refractivity contribution is 7.10. The van der Waals surface area contributed by atoms with Crippen LogP contribution in [0.2, 0.25) is 0 Å². The van der Waals surface area contributed by atoms with Crippen LogP contribution in [0.1, 0.15) is 26.9 Å². The summed E-state index contributed by atoms with van der Waals surface area (Å²) in [4.78, 5) is 12.6. The number of hydrogen-bond acceptors (Lipinski definition) is 4. The summed E-state index contributed by atoms with van der Waals surface area (Å²) in [6, 6.07) is 12.0. The van der Waals surface area contributed by atoms with Crippen molar-refractivity contribution in [1.82, 2.24) is 5.32 Å². The lowest BCUT2D eigenvalue weighted by atomic mass is 10.1. The molecule has 0 aliphatic carbocycles. The molecule has 0 aliphatic rings. The Labute approximate surface area is 114 Å². The van der Waals surface area contributed by atoms with Gasteiger partial charge in [0.1, 0.15) is 6.10 Å². The summed E-state index contributed by atoms with van der Waals surface area (Å²) in [5.41, 5.74) is 0.979. The normalized spacial score (nSPS) is 11.6. The molecule has 0 unspecified atom stereocenters. The van der Waals surface area contributed by atoms with E-state index >= 15 is 0 Å². The van der Waals surface area contributed by atoms with Crippen LogP contribution in [0.15, 0.2) is 41.8 Å². The van der Waals surface area contributed by atoms with Gasteiger partial charge in [-0.05, 0) is 35.7 Å². The number of nitriles is 1. The second kappa shape index (κ2) is 6.14. The molecule has 5 heteroatoms. The molecule has 4 nitrogen and oxygen atoms in total. The van der Waals surface area contributed by atoms with Crippen molar-refractivity contribution in [3.63, 3.8) is 0 Å². The molecule has 1 amide bonds. The van der Waals surface area contributed by atoms with Crippen LogP contribution in [0.25, 0.3) is 0 Å². The molecule has 96 valence electrons. The Morgan fingerprint density at radius 2 is 2.11 bits per heavy atom. The molecule has 1 aromatic carbocycles. The zero-order valence-electron chi connectivity index (χ0n) is 10.0. The van der Waals surface area contributed by atoms with Gasteiger partial charge < -0.3 is 10.4 Å². The van der Waals surface area contributed by atoms with E-state index in [1.807, 2.05) is 23.6 Å². The minimum Gasteiger partial charge on any atom is -0.386 e. The number of nitrogens with one attached hydrogen (secondary N) is 1. The molecule has 19 heavy (non-hydrogen) atoms. The lowest BCUT2D eigenvalue weighted by Gasteiger charge is -2.10. The van der Waals surface area contributed by atoms with Gasteiger partial charge in [0.2, 0.25) is 0 Å². The Hall–Kier alpha value is -2.16. The number of thiophene rings is 1. The summed E-state index contributed by atoms with van der Waals surface area (Å²) >= 11 is 1.45. The molecule has 2 N–H and O–H groups in total. The Balaban J connectivity index is 1.92. The van der Waals surface area contributed by atoms with E-state index in [0.29, 0.717) is 11.1 Å². The zero-order valence-corrected chi connectivity index (χ0v) is 10.9. The SMILES string of the molecule is N#Cc1ccc(C(=O)NC[C@@H](O)c2cccs2)cc1. The maximum atomic E-state index is 11.8. The number of carbonyl (C=O) groups is 1. The topological polar surface area (TPSA) is 73.1 Å². The quantitative estimate of drug-likeness (QED) is 0.895. The number of hydrogen-bond donors (Lipinski definition) is 2. The van der Waals surface area contributed by atoms with Crippen molar-refractivity contribution < 1.29 is 9.90 Å². The van der Waals surface area contributed by atoms with Crippen molar-refractivity contribution in [1.29, 1.82) is 5.26 Å². The van der Waals surface area contributed by atoms with Crippen LogP contribution in [0, 0.1) is 11.3 Å². The van der Waals surface area contributed by atoms with Gasteiger partial charge in [0.05, 0.1) is 11.6 Å². The first-order valence-electron chi connectivity index (χ1n) is 5.70. The number of amides is 1. The first-order chi connectivity index (χ1) is 9.20. The first-order valence-corrected chi connectivity index (χ1v) is 6.58. The van der Waals surface area contributed by atoms with Gasteiger partial charge in [-0.15, -0.1) is 11.3 Å². The first kappa shape index (κ1) is 13.3. The smallest absolute Gasteiger partial charge is 0.251 e. The third-order valence-corrected chi connectivity index (χ3v) is 3.58. The van der Waals surface area contributed by atoms with E-state index in [0.717, 1.165) is 4.88 Å². The zero-order chi connectivity index (χ0) is 13.7. The van der Waals surface area contributed by atoms with Crippen molar-refractivity contribution in [2.75, 3.05) is 6.54 Å². The lowest BCUT2D eigenvalue weighted by Crippen LogP contribution is -2.28. The van der Waals surface area contributed by atoms with E-state index in [1.54, 1.807) is 24.3 Å². The predicted octanol–water partition coefficient (Wildman–Crippen LogP) is 2.08. The van der Waals surface area contributed by atoms with E-state index < -0.39 is 6.10 Å². The van der Waals surface area contributed by atoms with Gasteiger partial charge in [0.25, 0.3) is 5.91 Å². The Bertz CT molecular complexity index is 585. The Morgan fingerprint density at radius 1 is 1.37 bits per heavy atom. The Morgan fingerprint density at radius 3 is 2.68 bits per heavy atom. The third-order valence-electron chi connectivity index (χ3n) is 2.60. The molecule has 0 radical (unpaired) electrons. The number of rotatable bonds is 4. The second-order valence-corrected chi connectivity index (χ2v) is 4.91. The molecule has 0 aliphatic heterocycles. The van der Waals surface area contributed by atoms with Crippen LogP contribution >= 0.6 is 11.3 Å². The van der Waals surface area contributed by atoms with Crippen molar-refractivity contribution >= 4 is 17.2 Å². The molecule has 0 bridgehead atoms. The highest BCUT2D eigenvalue weighted by Gasteiger charge is 2.11. The van der Waals surface area contributed by atoms with E-state index in [2.05, 4.69) is 5.32 Å². The van der Waals surface area contributed by atoms with E-state index in [4.69, 9.17) is 5.26 Å². The maximum Gasteiger partial charge on any atom is 0.251 e. The highest BCUT2D eigenvalue weighted by Crippen LogP contribution is 2.17. The van der Waals surface area contributed by atoms with Crippen LogP contribution in [0.5, 0.6) is 0 Å². The molecule has 0 spiro atoms.